The van der Waals surface area contributed by atoms with Gasteiger partial charge >= 0.3 is 6.09 Å². The number of aliphatic hydroxyl groups excluding tert-OH is 1. The molecule has 28 heavy (non-hydrogen) atoms. The number of piperidine rings is 1. The van der Waals surface area contributed by atoms with Gasteiger partial charge in [-0.2, -0.15) is 0 Å². The van der Waals surface area contributed by atoms with Crippen LogP contribution in [0.25, 0.3) is 0 Å². The minimum Gasteiger partial charge on any atom is -0.493 e. The van der Waals surface area contributed by atoms with Crippen molar-refractivity contribution in [2.75, 3.05) is 20.3 Å². The number of methoxy groups -OCH3 is 1. The third-order valence-corrected chi connectivity index (χ3v) is 8.73. The summed E-state index contributed by atoms with van der Waals surface area (Å²) in [5, 5.41) is 11.0. The van der Waals surface area contributed by atoms with Gasteiger partial charge in [-0.15, -0.1) is 0 Å². The molecule has 1 saturated heterocycles. The molecule has 1 spiro atoms. The number of ether oxygens (including phenoxy) is 3. The van der Waals surface area contributed by atoms with Gasteiger partial charge in [0.1, 0.15) is 12.2 Å². The predicted octanol–water partition coefficient (Wildman–Crippen LogP) is 3.39. The van der Waals surface area contributed by atoms with Crippen molar-refractivity contribution in [2.24, 2.45) is 5.92 Å². The fraction of sp³-hybridized carbons (Fsp3) is 0.650. The monoisotopic (exact) mass is 515 g/mol. The maximum atomic E-state index is 12.7. The molecule has 0 aromatic heterocycles. The molecule has 6 atom stereocenters. The second-order valence-corrected chi connectivity index (χ2v) is 10.1. The van der Waals surface area contributed by atoms with Crippen LogP contribution in [0.15, 0.2) is 10.5 Å². The zero-order valence-electron chi connectivity index (χ0n) is 15.8. The smallest absolute Gasteiger partial charge is 0.410 e. The highest BCUT2D eigenvalue weighted by Gasteiger charge is 2.68. The molecule has 2 fully saturated rings. The maximum absolute atomic E-state index is 12.7. The SMILES string of the molecule is CCOC(=O)N1CC[C@]23c4c5c(Br)cc(OC)c4O[C@H]2[C@@H](O)[C@H](Br)C[C@H]3[C@H]1C5. The summed E-state index contributed by atoms with van der Waals surface area (Å²) in [5.74, 6) is 1.65. The van der Waals surface area contributed by atoms with Crippen LogP contribution in [0.4, 0.5) is 4.79 Å². The summed E-state index contributed by atoms with van der Waals surface area (Å²) in [6.45, 7) is 2.80. The Kier molecular flexibility index (Phi) is 4.41. The van der Waals surface area contributed by atoms with Crippen LogP contribution in [-0.4, -0.2) is 59.4 Å². The molecule has 6 nitrogen and oxygen atoms in total. The van der Waals surface area contributed by atoms with E-state index in [1.807, 2.05) is 17.9 Å². The molecule has 152 valence electrons. The lowest BCUT2D eigenvalue weighted by Crippen LogP contribution is -2.69. The first kappa shape index (κ1) is 19.0. The van der Waals surface area contributed by atoms with Crippen molar-refractivity contribution < 1.29 is 24.1 Å². The summed E-state index contributed by atoms with van der Waals surface area (Å²) < 4.78 is 18.4. The number of benzene rings is 1. The van der Waals surface area contributed by atoms with Crippen LogP contribution in [-0.2, 0) is 16.6 Å². The number of amides is 1. The summed E-state index contributed by atoms with van der Waals surface area (Å²) in [7, 11) is 1.64. The highest BCUT2D eigenvalue weighted by atomic mass is 79.9. The third-order valence-electron chi connectivity index (χ3n) is 7.10. The fourth-order valence-corrected chi connectivity index (χ4v) is 7.32. The van der Waals surface area contributed by atoms with E-state index in [9.17, 15) is 9.90 Å². The van der Waals surface area contributed by atoms with Crippen molar-refractivity contribution in [3.8, 4) is 11.5 Å². The maximum Gasteiger partial charge on any atom is 0.410 e. The third kappa shape index (κ3) is 2.25. The summed E-state index contributed by atoms with van der Waals surface area (Å²) in [6, 6.07) is 1.96. The van der Waals surface area contributed by atoms with Crippen LogP contribution in [0.2, 0.25) is 0 Å². The van der Waals surface area contributed by atoms with E-state index in [4.69, 9.17) is 14.2 Å². The van der Waals surface area contributed by atoms with Gasteiger partial charge in [-0.1, -0.05) is 31.9 Å². The number of likely N-dealkylation sites (tertiary alicyclic amines) is 1. The molecule has 2 aliphatic carbocycles. The topological polar surface area (TPSA) is 68.2 Å². The van der Waals surface area contributed by atoms with E-state index in [-0.39, 0.29) is 34.4 Å². The van der Waals surface area contributed by atoms with Crippen molar-refractivity contribution in [1.82, 2.24) is 4.90 Å². The Balaban J connectivity index is 1.71. The van der Waals surface area contributed by atoms with Crippen molar-refractivity contribution >= 4 is 38.0 Å². The number of carbonyl (C=O) groups excluding carboxylic acids is 1. The summed E-state index contributed by atoms with van der Waals surface area (Å²) in [4.78, 5) is 14.5. The van der Waals surface area contributed by atoms with Gasteiger partial charge in [0.15, 0.2) is 11.5 Å². The van der Waals surface area contributed by atoms with Crippen LogP contribution in [0.5, 0.6) is 11.5 Å². The number of carbonyl (C=O) groups is 1. The van der Waals surface area contributed by atoms with E-state index >= 15 is 0 Å². The first-order chi connectivity index (χ1) is 13.4. The molecule has 2 aliphatic heterocycles. The average molecular weight is 517 g/mol. The largest absolute Gasteiger partial charge is 0.493 e. The quantitative estimate of drug-likeness (QED) is 0.610. The number of hydrogen-bond donors (Lipinski definition) is 1. The highest BCUT2D eigenvalue weighted by Crippen LogP contribution is 2.65. The zero-order valence-corrected chi connectivity index (χ0v) is 19.0. The van der Waals surface area contributed by atoms with E-state index < -0.39 is 6.10 Å². The fourth-order valence-electron chi connectivity index (χ4n) is 6.07. The van der Waals surface area contributed by atoms with E-state index in [1.54, 1.807) is 7.11 Å². The Morgan fingerprint density at radius 1 is 1.50 bits per heavy atom. The minimum absolute atomic E-state index is 0.0228. The number of halogens is 2. The molecule has 1 aromatic carbocycles. The lowest BCUT2D eigenvalue weighted by Gasteiger charge is -2.59. The van der Waals surface area contributed by atoms with Gasteiger partial charge in [0.25, 0.3) is 0 Å². The number of rotatable bonds is 2. The Labute approximate surface area is 180 Å². The second kappa shape index (κ2) is 6.51. The molecule has 1 N–H and O–H groups in total. The summed E-state index contributed by atoms with van der Waals surface area (Å²) >= 11 is 7.39. The van der Waals surface area contributed by atoms with Gasteiger partial charge < -0.3 is 24.2 Å². The van der Waals surface area contributed by atoms with E-state index in [0.29, 0.717) is 18.9 Å². The van der Waals surface area contributed by atoms with Crippen molar-refractivity contribution in [2.45, 2.75) is 54.7 Å². The molecule has 1 saturated carbocycles. The van der Waals surface area contributed by atoms with Crippen LogP contribution >= 0.6 is 31.9 Å². The average Bonchev–Trinajstić information content (AvgIpc) is 3.00. The summed E-state index contributed by atoms with van der Waals surface area (Å²) in [5.41, 5.74) is 2.03. The van der Waals surface area contributed by atoms with Gasteiger partial charge in [0, 0.05) is 32.9 Å². The Morgan fingerprint density at radius 2 is 2.29 bits per heavy atom. The molecular formula is C20H23Br2NO5. The first-order valence-electron chi connectivity index (χ1n) is 9.76. The molecule has 1 aromatic rings. The van der Waals surface area contributed by atoms with Crippen LogP contribution in [0.3, 0.4) is 0 Å². The van der Waals surface area contributed by atoms with Gasteiger partial charge in [-0.3, -0.25) is 0 Å². The number of nitrogens with zero attached hydrogens (tertiary/aromatic N) is 1. The van der Waals surface area contributed by atoms with Gasteiger partial charge in [-0.05, 0) is 43.7 Å². The minimum atomic E-state index is -0.618. The van der Waals surface area contributed by atoms with E-state index in [2.05, 4.69) is 31.9 Å². The predicted molar refractivity (Wildman–Crippen MR) is 109 cm³/mol. The Bertz CT molecular complexity index is 848. The van der Waals surface area contributed by atoms with Gasteiger partial charge in [-0.25, -0.2) is 4.79 Å². The molecule has 5 rings (SSSR count). The number of alkyl halides is 1. The van der Waals surface area contributed by atoms with Crippen LogP contribution in [0, 0.1) is 5.92 Å². The molecule has 2 bridgehead atoms. The molecule has 4 aliphatic rings. The van der Waals surface area contributed by atoms with Crippen LogP contribution < -0.4 is 9.47 Å². The second-order valence-electron chi connectivity index (χ2n) is 8.08. The van der Waals surface area contributed by atoms with Gasteiger partial charge in [0.2, 0.25) is 0 Å². The highest BCUT2D eigenvalue weighted by molar-refractivity contribution is 9.10. The number of hydrogen-bond acceptors (Lipinski definition) is 5. The standard InChI is InChI=1S/C20H23Br2NO5/c1-3-27-19(25)23-5-4-20-10-7-12(22)16(24)18(20)28-17-14(26-2)8-11(21)9(15(17)20)6-13(10)23/h8,10,12-13,16,18,24H,3-7H2,1-2H3/t10-,12+,13+,16-,18-,20-/m0/s1. The molecule has 1 amide bonds. The Morgan fingerprint density at radius 3 is 3.00 bits per heavy atom. The molecule has 0 unspecified atom stereocenters. The van der Waals surface area contributed by atoms with Crippen molar-refractivity contribution in [3.63, 3.8) is 0 Å². The molecular weight excluding hydrogens is 494 g/mol. The van der Waals surface area contributed by atoms with E-state index in [0.717, 1.165) is 35.0 Å². The normalized spacial score (nSPS) is 37.2. The van der Waals surface area contributed by atoms with Crippen molar-refractivity contribution in [3.05, 3.63) is 21.7 Å². The van der Waals surface area contributed by atoms with Crippen LogP contribution in [0.1, 0.15) is 30.9 Å². The Hall–Kier alpha value is -0.990. The lowest BCUT2D eigenvalue weighted by molar-refractivity contribution is -0.0954. The van der Waals surface area contributed by atoms with Gasteiger partial charge in [0.05, 0.1) is 13.7 Å². The zero-order chi connectivity index (χ0) is 19.8. The summed E-state index contributed by atoms with van der Waals surface area (Å²) in [6.07, 6.45) is 1.06. The molecule has 2 heterocycles. The number of aliphatic hydroxyl groups is 1. The van der Waals surface area contributed by atoms with E-state index in [1.165, 1.54) is 5.56 Å². The molecule has 8 heteroatoms. The molecule has 0 radical (unpaired) electrons. The van der Waals surface area contributed by atoms with Crippen molar-refractivity contribution in [1.29, 1.82) is 0 Å². The first-order valence-corrected chi connectivity index (χ1v) is 11.5. The lowest BCUT2D eigenvalue weighted by atomic mass is 9.51.